The molecule has 1 saturated carbocycles. The monoisotopic (exact) mass is 608 g/mol. The molecule has 0 spiro atoms. The molecule has 2 aliphatic heterocycles. The maximum Gasteiger partial charge on any atom is 0.314 e. The molecule has 2 saturated heterocycles. The summed E-state index contributed by atoms with van der Waals surface area (Å²) >= 11 is 0. The van der Waals surface area contributed by atoms with E-state index < -0.39 is 30.3 Å². The zero-order valence-electron chi connectivity index (χ0n) is 28.3. The van der Waals surface area contributed by atoms with Crippen molar-refractivity contribution >= 4 is 30.7 Å². The highest BCUT2D eigenvalue weighted by Gasteiger charge is 2.66. The summed E-state index contributed by atoms with van der Waals surface area (Å²) in [4.78, 5) is 13.3. The number of allylic oxidation sites excluding steroid dienone is 1. The minimum atomic E-state index is -2.05. The number of carbonyl (C=O) groups excluding carboxylic acids is 1. The van der Waals surface area contributed by atoms with E-state index >= 15 is 0 Å². The van der Waals surface area contributed by atoms with Crippen LogP contribution in [0.3, 0.4) is 0 Å². The molecule has 230 valence electrons. The summed E-state index contributed by atoms with van der Waals surface area (Å²) in [7, 11) is -4.98. The van der Waals surface area contributed by atoms with Gasteiger partial charge in [-0.2, -0.15) is 0 Å². The fourth-order valence-corrected chi connectivity index (χ4v) is 9.93. The third-order valence-electron chi connectivity index (χ3n) is 10.0. The van der Waals surface area contributed by atoms with E-state index in [4.69, 9.17) is 18.3 Å². The molecule has 40 heavy (non-hydrogen) atoms. The lowest BCUT2D eigenvalue weighted by atomic mass is 9.58. The Morgan fingerprint density at radius 2 is 1.68 bits per heavy atom. The molecule has 0 radical (unpaired) electrons. The van der Waals surface area contributed by atoms with Crippen LogP contribution >= 0.6 is 0 Å². The topological polar surface area (TPSA) is 57.3 Å². The summed E-state index contributed by atoms with van der Waals surface area (Å²) in [6.07, 6.45) is 5.96. The molecule has 1 aliphatic carbocycles. The molecule has 3 fully saturated rings. The molecule has 0 amide bonds. The summed E-state index contributed by atoms with van der Waals surface area (Å²) < 4.78 is 25.6. The van der Waals surface area contributed by atoms with Gasteiger partial charge in [0.05, 0.1) is 24.7 Å². The van der Waals surface area contributed by atoms with Gasteiger partial charge >= 0.3 is 5.97 Å². The van der Waals surface area contributed by atoms with Crippen LogP contribution in [0.25, 0.3) is 0 Å². The largest absolute Gasteiger partial charge is 0.458 e. The molecular formula is C32H60O5Si3. The second kappa shape index (κ2) is 10.9. The molecule has 8 heteroatoms. The number of fused-ring (bicyclic) bond motifs is 2. The van der Waals surface area contributed by atoms with E-state index in [0.29, 0.717) is 13.0 Å². The summed E-state index contributed by atoms with van der Waals surface area (Å²) in [6.45, 7) is 37.0. The van der Waals surface area contributed by atoms with Crippen molar-refractivity contribution in [2.45, 2.75) is 154 Å². The van der Waals surface area contributed by atoms with Crippen LogP contribution in [0.4, 0.5) is 0 Å². The molecule has 0 N–H and O–H groups in total. The van der Waals surface area contributed by atoms with Crippen molar-refractivity contribution in [3.05, 3.63) is 23.8 Å². The minimum Gasteiger partial charge on any atom is -0.458 e. The van der Waals surface area contributed by atoms with Crippen LogP contribution in [0.2, 0.25) is 63.5 Å². The first-order valence-electron chi connectivity index (χ1n) is 15.4. The lowest BCUT2D eigenvalue weighted by Crippen LogP contribution is -2.55. The zero-order chi connectivity index (χ0) is 30.7. The highest BCUT2D eigenvalue weighted by molar-refractivity contribution is 6.76. The van der Waals surface area contributed by atoms with Crippen LogP contribution in [0, 0.1) is 11.3 Å². The third kappa shape index (κ3) is 7.33. The molecular weight excluding hydrogens is 549 g/mol. The van der Waals surface area contributed by atoms with Crippen molar-refractivity contribution in [1.82, 2.24) is 0 Å². The van der Waals surface area contributed by atoms with Gasteiger partial charge < -0.3 is 18.3 Å². The van der Waals surface area contributed by atoms with Crippen molar-refractivity contribution in [3.63, 3.8) is 0 Å². The van der Waals surface area contributed by atoms with Crippen LogP contribution in [-0.4, -0.2) is 60.7 Å². The van der Waals surface area contributed by atoms with E-state index in [0.717, 1.165) is 30.9 Å². The molecule has 5 atom stereocenters. The molecule has 5 nitrogen and oxygen atoms in total. The van der Waals surface area contributed by atoms with Gasteiger partial charge in [-0.15, -0.1) is 0 Å². The molecule has 2 bridgehead atoms. The summed E-state index contributed by atoms with van der Waals surface area (Å²) in [5.41, 5.74) is 1.33. The average Bonchev–Trinajstić information content (AvgIpc) is 3.37. The number of carbonyl (C=O) groups is 1. The summed E-state index contributed by atoms with van der Waals surface area (Å²) in [5.74, 6) is -0.446. The van der Waals surface area contributed by atoms with E-state index in [1.807, 2.05) is 0 Å². The van der Waals surface area contributed by atoms with Gasteiger partial charge in [0.15, 0.2) is 16.6 Å². The van der Waals surface area contributed by atoms with E-state index in [2.05, 4.69) is 107 Å². The minimum absolute atomic E-state index is 0.0845. The molecule has 0 aromatic rings. The Morgan fingerprint density at radius 3 is 2.20 bits per heavy atom. The zero-order valence-corrected chi connectivity index (χ0v) is 31.3. The first kappa shape index (κ1) is 34.0. The lowest BCUT2D eigenvalue weighted by molar-refractivity contribution is -0.152. The van der Waals surface area contributed by atoms with Crippen molar-refractivity contribution in [1.29, 1.82) is 0 Å². The first-order valence-corrected chi connectivity index (χ1v) is 25.4. The first-order chi connectivity index (χ1) is 17.8. The van der Waals surface area contributed by atoms with Crippen LogP contribution in [0.5, 0.6) is 0 Å². The number of rotatable bonds is 12. The molecule has 2 heterocycles. The fourth-order valence-electron chi connectivity index (χ4n) is 6.23. The predicted octanol–water partition coefficient (Wildman–Crippen LogP) is 8.72. The van der Waals surface area contributed by atoms with Crippen molar-refractivity contribution < 1.29 is 23.1 Å². The molecule has 0 unspecified atom stereocenters. The van der Waals surface area contributed by atoms with E-state index in [9.17, 15) is 4.79 Å². The van der Waals surface area contributed by atoms with Crippen molar-refractivity contribution in [2.75, 3.05) is 6.61 Å². The Labute approximate surface area is 249 Å². The van der Waals surface area contributed by atoms with Crippen molar-refractivity contribution in [2.24, 2.45) is 11.3 Å². The second-order valence-corrected chi connectivity index (χ2v) is 32.1. The summed E-state index contributed by atoms with van der Waals surface area (Å²) in [6, 6.07) is 1.15. The second-order valence-electron chi connectivity index (χ2n) is 17.4. The summed E-state index contributed by atoms with van der Waals surface area (Å²) in [5, 5.41) is 0.0845. The SMILES string of the molecule is C=C1[C@H]2C(=O)O[C@@](C/C=C(/CC[C@@H]3O[C@@]3(C)CO[Si](C)(C)C)C[Si](C)(C)C)(C[C@@H]1O[Si](C)(C)C(C)(C)C)C2(C)C. The van der Waals surface area contributed by atoms with Gasteiger partial charge in [0.25, 0.3) is 0 Å². The number of hydrogen-bond donors (Lipinski definition) is 0. The van der Waals surface area contributed by atoms with Crippen molar-refractivity contribution in [3.8, 4) is 0 Å². The van der Waals surface area contributed by atoms with Gasteiger partial charge in [-0.05, 0) is 69.2 Å². The Hall–Kier alpha value is -0.519. The smallest absolute Gasteiger partial charge is 0.314 e. The van der Waals surface area contributed by atoms with Gasteiger partial charge in [0, 0.05) is 26.3 Å². The quantitative estimate of drug-likeness (QED) is 0.0960. The molecule has 3 rings (SSSR count). The average molecular weight is 609 g/mol. The standard InChI is InChI=1S/C32H60O5Si3/c1-23-25(37-40(14,15)29(2,3)4)20-32(30(5,6)27(23)28(33)36-32)19-18-24(21-38(8,9)10)16-17-26-31(7,35-26)22-34-39(11,12)13/h18,25-27H,1,16-17,19-22H2,2-15H3/b24-18-/t25-,26-,27-,31-,32-/m0/s1. The van der Waals surface area contributed by atoms with Gasteiger partial charge in [-0.25, -0.2) is 0 Å². The fraction of sp³-hybridized carbons (Fsp3) is 0.844. The molecule has 0 aromatic heterocycles. The van der Waals surface area contributed by atoms with E-state index in [1.165, 1.54) is 5.57 Å². The number of ether oxygens (including phenoxy) is 2. The van der Waals surface area contributed by atoms with Crippen LogP contribution in [-0.2, 0) is 23.1 Å². The van der Waals surface area contributed by atoms with E-state index in [1.54, 1.807) is 0 Å². The number of hydrogen-bond acceptors (Lipinski definition) is 5. The highest BCUT2D eigenvalue weighted by atomic mass is 28.4. The maximum atomic E-state index is 13.3. The van der Waals surface area contributed by atoms with Gasteiger partial charge in [0.2, 0.25) is 0 Å². The highest BCUT2D eigenvalue weighted by Crippen LogP contribution is 2.60. The Balaban J connectivity index is 1.81. The maximum absolute atomic E-state index is 13.3. The third-order valence-corrected chi connectivity index (χ3v) is 17.0. The molecule has 0 aromatic carbocycles. The Kier molecular flexibility index (Phi) is 9.24. The Bertz CT molecular complexity index is 1010. The molecule has 3 aliphatic rings. The van der Waals surface area contributed by atoms with Gasteiger partial charge in [-0.1, -0.05) is 72.5 Å². The van der Waals surface area contributed by atoms with Gasteiger partial charge in [0.1, 0.15) is 11.2 Å². The number of epoxide rings is 1. The van der Waals surface area contributed by atoms with Crippen LogP contribution in [0.15, 0.2) is 23.8 Å². The normalized spacial score (nSPS) is 32.9. The lowest BCUT2D eigenvalue weighted by Gasteiger charge is -2.50. The van der Waals surface area contributed by atoms with Gasteiger partial charge in [-0.3, -0.25) is 4.79 Å². The van der Waals surface area contributed by atoms with Crippen LogP contribution in [0.1, 0.15) is 67.2 Å². The van der Waals surface area contributed by atoms with Crippen LogP contribution < -0.4 is 0 Å². The Morgan fingerprint density at radius 1 is 1.07 bits per heavy atom. The number of esters is 1. The predicted molar refractivity (Wildman–Crippen MR) is 175 cm³/mol. The van der Waals surface area contributed by atoms with E-state index in [-0.39, 0.29) is 40.1 Å².